The zero-order chi connectivity index (χ0) is 18.5. The van der Waals surface area contributed by atoms with E-state index in [-0.39, 0.29) is 11.9 Å². The summed E-state index contributed by atoms with van der Waals surface area (Å²) in [4.78, 5) is 12.7. The highest BCUT2D eigenvalue weighted by atomic mass is 16.5. The molecule has 5 nitrogen and oxygen atoms in total. The van der Waals surface area contributed by atoms with Crippen molar-refractivity contribution in [3.8, 4) is 22.5 Å². The van der Waals surface area contributed by atoms with Gasteiger partial charge in [0.2, 0.25) is 0 Å². The zero-order valence-electron chi connectivity index (χ0n) is 15.2. The average Bonchev–Trinajstić information content (AvgIpc) is 3.17. The van der Waals surface area contributed by atoms with Gasteiger partial charge >= 0.3 is 0 Å². The van der Waals surface area contributed by atoms with Crippen LogP contribution in [0.5, 0.6) is 0 Å². The lowest BCUT2D eigenvalue weighted by Crippen LogP contribution is -2.35. The molecule has 5 heteroatoms. The van der Waals surface area contributed by atoms with E-state index in [1.165, 1.54) is 5.56 Å². The van der Waals surface area contributed by atoms with Crippen LogP contribution in [0.1, 0.15) is 22.8 Å². The van der Waals surface area contributed by atoms with E-state index in [0.29, 0.717) is 17.9 Å². The maximum absolute atomic E-state index is 12.7. The van der Waals surface area contributed by atoms with E-state index >= 15 is 0 Å². The number of ether oxygens (including phenoxy) is 1. The second kappa shape index (κ2) is 7.97. The van der Waals surface area contributed by atoms with Gasteiger partial charge in [0.05, 0.1) is 12.8 Å². The van der Waals surface area contributed by atoms with Crippen LogP contribution in [0.15, 0.2) is 59.3 Å². The fourth-order valence-corrected chi connectivity index (χ4v) is 2.78. The van der Waals surface area contributed by atoms with Crippen molar-refractivity contribution in [3.63, 3.8) is 0 Å². The van der Waals surface area contributed by atoms with Gasteiger partial charge in [0.15, 0.2) is 5.76 Å². The first-order chi connectivity index (χ1) is 12.6. The van der Waals surface area contributed by atoms with Crippen molar-refractivity contribution in [3.05, 3.63) is 65.9 Å². The molecule has 3 rings (SSSR count). The van der Waals surface area contributed by atoms with Crippen molar-refractivity contribution in [2.24, 2.45) is 0 Å². The number of carbonyl (C=O) groups is 1. The molecule has 0 aliphatic rings. The quantitative estimate of drug-likeness (QED) is 0.727. The predicted octanol–water partition coefficient (Wildman–Crippen LogP) is 4.08. The summed E-state index contributed by atoms with van der Waals surface area (Å²) >= 11 is 0. The highest BCUT2D eigenvalue weighted by Crippen LogP contribution is 2.28. The van der Waals surface area contributed by atoms with Crippen molar-refractivity contribution in [1.29, 1.82) is 0 Å². The molecule has 0 fully saturated rings. The largest absolute Gasteiger partial charge is 0.383 e. The van der Waals surface area contributed by atoms with Crippen LogP contribution in [0.4, 0.5) is 0 Å². The van der Waals surface area contributed by atoms with Crippen LogP contribution in [-0.4, -0.2) is 30.8 Å². The summed E-state index contributed by atoms with van der Waals surface area (Å²) in [5, 5.41) is 6.71. The maximum Gasteiger partial charge on any atom is 0.251 e. The molecule has 0 saturated carbocycles. The normalized spacial score (nSPS) is 12.0. The van der Waals surface area contributed by atoms with Gasteiger partial charge in [-0.1, -0.05) is 35.0 Å². The van der Waals surface area contributed by atoms with E-state index in [9.17, 15) is 4.79 Å². The smallest absolute Gasteiger partial charge is 0.251 e. The molecule has 2 aromatic carbocycles. The highest BCUT2D eigenvalue weighted by molar-refractivity contribution is 5.97. The molecule has 1 aromatic heterocycles. The Labute approximate surface area is 153 Å². The molecular weight excluding hydrogens is 328 g/mol. The van der Waals surface area contributed by atoms with Crippen LogP contribution in [0, 0.1) is 6.92 Å². The third-order valence-electron chi connectivity index (χ3n) is 4.10. The number of hydrogen-bond donors (Lipinski definition) is 1. The number of methoxy groups -OCH3 is 1. The van der Waals surface area contributed by atoms with E-state index in [2.05, 4.69) is 22.6 Å². The SMILES string of the molecule is COCC(C)NC(=O)c1cc(-c2ccc(C)cc2)cc(-c2ccno2)c1. The molecule has 0 spiro atoms. The highest BCUT2D eigenvalue weighted by Gasteiger charge is 2.14. The molecule has 1 atom stereocenters. The fourth-order valence-electron chi connectivity index (χ4n) is 2.78. The van der Waals surface area contributed by atoms with Crippen LogP contribution in [0.2, 0.25) is 0 Å². The van der Waals surface area contributed by atoms with Gasteiger partial charge in [-0.2, -0.15) is 0 Å². The van der Waals surface area contributed by atoms with Crippen molar-refractivity contribution < 1.29 is 14.1 Å². The number of nitrogens with zero attached hydrogens (tertiary/aromatic N) is 1. The Hall–Kier alpha value is -2.92. The summed E-state index contributed by atoms with van der Waals surface area (Å²) in [6, 6.07) is 15.6. The third-order valence-corrected chi connectivity index (χ3v) is 4.10. The van der Waals surface area contributed by atoms with Crippen molar-refractivity contribution >= 4 is 5.91 Å². The topological polar surface area (TPSA) is 64.4 Å². The lowest BCUT2D eigenvalue weighted by Gasteiger charge is -2.14. The van der Waals surface area contributed by atoms with Gasteiger partial charge in [0.25, 0.3) is 5.91 Å². The summed E-state index contributed by atoms with van der Waals surface area (Å²) in [7, 11) is 1.61. The van der Waals surface area contributed by atoms with E-state index in [1.54, 1.807) is 19.4 Å². The minimum absolute atomic E-state index is 0.0794. The Kier molecular flexibility index (Phi) is 5.49. The van der Waals surface area contributed by atoms with Crippen molar-refractivity contribution in [2.75, 3.05) is 13.7 Å². The lowest BCUT2D eigenvalue weighted by molar-refractivity contribution is 0.0905. The van der Waals surface area contributed by atoms with Crippen molar-refractivity contribution in [1.82, 2.24) is 10.5 Å². The average molecular weight is 350 g/mol. The van der Waals surface area contributed by atoms with Gasteiger partial charge in [-0.15, -0.1) is 0 Å². The van der Waals surface area contributed by atoms with Gasteiger partial charge in [0, 0.05) is 30.3 Å². The zero-order valence-corrected chi connectivity index (χ0v) is 15.2. The second-order valence-corrected chi connectivity index (χ2v) is 6.37. The van der Waals surface area contributed by atoms with Crippen LogP contribution >= 0.6 is 0 Å². The molecule has 26 heavy (non-hydrogen) atoms. The number of hydrogen-bond acceptors (Lipinski definition) is 4. The molecule has 134 valence electrons. The fraction of sp³-hybridized carbons (Fsp3) is 0.238. The first-order valence-electron chi connectivity index (χ1n) is 8.50. The van der Waals surface area contributed by atoms with Gasteiger partial charge in [-0.25, -0.2) is 0 Å². The molecule has 0 radical (unpaired) electrons. The summed E-state index contributed by atoms with van der Waals surface area (Å²) in [6.45, 7) is 4.41. The number of benzene rings is 2. The second-order valence-electron chi connectivity index (χ2n) is 6.37. The maximum atomic E-state index is 12.7. The molecule has 0 aliphatic carbocycles. The van der Waals surface area contributed by atoms with Crippen LogP contribution in [0.25, 0.3) is 22.5 Å². The Morgan fingerprint density at radius 1 is 1.12 bits per heavy atom. The minimum atomic E-state index is -0.149. The van der Waals surface area contributed by atoms with Crippen LogP contribution < -0.4 is 5.32 Å². The Bertz CT molecular complexity index is 871. The minimum Gasteiger partial charge on any atom is -0.383 e. The standard InChI is InChI=1S/C21H22N2O3/c1-14-4-6-16(7-5-14)17-10-18(20-8-9-22-26-20)12-19(11-17)21(24)23-15(2)13-25-3/h4-12,15H,13H2,1-3H3,(H,23,24). The first kappa shape index (κ1) is 17.9. The van der Waals surface area contributed by atoms with Crippen LogP contribution in [0.3, 0.4) is 0 Å². The molecule has 1 N–H and O–H groups in total. The monoisotopic (exact) mass is 350 g/mol. The van der Waals surface area contributed by atoms with Crippen LogP contribution in [-0.2, 0) is 4.74 Å². The number of carbonyl (C=O) groups excluding carboxylic acids is 1. The third kappa shape index (κ3) is 4.18. The summed E-state index contributed by atoms with van der Waals surface area (Å²) in [5.74, 6) is 0.474. The van der Waals surface area contributed by atoms with Gasteiger partial charge in [0.1, 0.15) is 0 Å². The predicted molar refractivity (Wildman–Crippen MR) is 101 cm³/mol. The molecule has 3 aromatic rings. The summed E-state index contributed by atoms with van der Waals surface area (Å²) in [6.07, 6.45) is 1.59. The Morgan fingerprint density at radius 2 is 1.85 bits per heavy atom. The number of amides is 1. The van der Waals surface area contributed by atoms with Crippen molar-refractivity contribution in [2.45, 2.75) is 19.9 Å². The summed E-state index contributed by atoms with van der Waals surface area (Å²) in [5.41, 5.74) is 4.55. The summed E-state index contributed by atoms with van der Waals surface area (Å²) < 4.78 is 10.4. The molecule has 0 bridgehead atoms. The van der Waals surface area contributed by atoms with Gasteiger partial charge in [-0.3, -0.25) is 4.79 Å². The Balaban J connectivity index is 2.00. The number of nitrogens with one attached hydrogen (secondary N) is 1. The number of rotatable bonds is 6. The molecule has 0 saturated heterocycles. The molecule has 0 aliphatic heterocycles. The van der Waals surface area contributed by atoms with E-state index in [0.717, 1.165) is 16.7 Å². The van der Waals surface area contributed by atoms with E-state index in [4.69, 9.17) is 9.26 Å². The molecule has 1 heterocycles. The lowest BCUT2D eigenvalue weighted by atomic mass is 9.97. The van der Waals surface area contributed by atoms with Gasteiger partial charge < -0.3 is 14.6 Å². The van der Waals surface area contributed by atoms with Gasteiger partial charge in [-0.05, 0) is 43.2 Å². The number of aromatic nitrogens is 1. The first-order valence-corrected chi connectivity index (χ1v) is 8.50. The number of aryl methyl sites for hydroxylation is 1. The Morgan fingerprint density at radius 3 is 2.50 bits per heavy atom. The molecule has 1 amide bonds. The van der Waals surface area contributed by atoms with E-state index < -0.39 is 0 Å². The molecule has 1 unspecified atom stereocenters. The molecular formula is C21H22N2O3. The van der Waals surface area contributed by atoms with E-state index in [1.807, 2.05) is 44.2 Å².